The van der Waals surface area contributed by atoms with Crippen LogP contribution >= 0.6 is 11.6 Å². The van der Waals surface area contributed by atoms with E-state index in [9.17, 15) is 0 Å². The number of halogens is 1. The topological polar surface area (TPSA) is 13.1 Å². The molecule has 0 amide bonds. The molecule has 0 aliphatic heterocycles. The van der Waals surface area contributed by atoms with Crippen molar-refractivity contribution in [2.75, 3.05) is 0 Å². The number of furan rings is 1. The Labute approximate surface area is 144 Å². The van der Waals surface area contributed by atoms with Gasteiger partial charge in [0.25, 0.3) is 0 Å². The van der Waals surface area contributed by atoms with Crippen molar-refractivity contribution in [1.82, 2.24) is 0 Å². The number of hydrogen-bond donors (Lipinski definition) is 0. The molecule has 114 valence electrons. The number of hydrogen-bond acceptors (Lipinski definition) is 1. The zero-order valence-corrected chi connectivity index (χ0v) is 13.5. The van der Waals surface area contributed by atoms with E-state index >= 15 is 0 Å². The third-order valence-electron chi connectivity index (χ3n) is 4.54. The van der Waals surface area contributed by atoms with E-state index in [4.69, 9.17) is 16.0 Å². The first-order chi connectivity index (χ1) is 11.8. The lowest BCUT2D eigenvalue weighted by molar-refractivity contribution is 0.674. The van der Waals surface area contributed by atoms with Gasteiger partial charge < -0.3 is 4.42 Å². The summed E-state index contributed by atoms with van der Waals surface area (Å²) in [5.41, 5.74) is 3.94. The summed E-state index contributed by atoms with van der Waals surface area (Å²) in [7, 11) is 0. The first-order valence-corrected chi connectivity index (χ1v) is 8.28. The number of benzene rings is 4. The highest BCUT2D eigenvalue weighted by Crippen LogP contribution is 2.41. The molecule has 0 radical (unpaired) electrons. The summed E-state index contributed by atoms with van der Waals surface area (Å²) in [6.07, 6.45) is 0. The Bertz CT molecular complexity index is 1200. The standard InChI is InChI=1S/C22H13ClO/c23-19-13-12-17(14-6-2-1-3-7-14)22-20(19)18-11-10-15-8-4-5-9-16(15)21(18)24-22/h1-13H. The van der Waals surface area contributed by atoms with Crippen LogP contribution in [0.3, 0.4) is 0 Å². The van der Waals surface area contributed by atoms with Crippen LogP contribution in [0, 0.1) is 0 Å². The summed E-state index contributed by atoms with van der Waals surface area (Å²) < 4.78 is 6.35. The lowest BCUT2D eigenvalue weighted by atomic mass is 10.0. The van der Waals surface area contributed by atoms with Crippen LogP contribution in [-0.4, -0.2) is 0 Å². The fourth-order valence-corrected chi connectivity index (χ4v) is 3.66. The Kier molecular flexibility index (Phi) is 2.91. The maximum atomic E-state index is 6.53. The van der Waals surface area contributed by atoms with Crippen LogP contribution in [0.4, 0.5) is 0 Å². The van der Waals surface area contributed by atoms with E-state index < -0.39 is 0 Å². The number of fused-ring (bicyclic) bond motifs is 5. The van der Waals surface area contributed by atoms with Crippen molar-refractivity contribution in [1.29, 1.82) is 0 Å². The maximum Gasteiger partial charge on any atom is 0.144 e. The Hall–Kier alpha value is -2.77. The van der Waals surface area contributed by atoms with Crippen molar-refractivity contribution in [2.45, 2.75) is 0 Å². The van der Waals surface area contributed by atoms with E-state index in [-0.39, 0.29) is 0 Å². The van der Waals surface area contributed by atoms with E-state index in [2.05, 4.69) is 36.4 Å². The van der Waals surface area contributed by atoms with Gasteiger partial charge in [0.2, 0.25) is 0 Å². The van der Waals surface area contributed by atoms with E-state index in [0.29, 0.717) is 0 Å². The normalized spacial score (nSPS) is 11.5. The zero-order valence-electron chi connectivity index (χ0n) is 12.8. The molecule has 24 heavy (non-hydrogen) atoms. The Morgan fingerprint density at radius 3 is 2.29 bits per heavy atom. The summed E-state index contributed by atoms with van der Waals surface area (Å²) in [6.45, 7) is 0. The maximum absolute atomic E-state index is 6.53. The minimum absolute atomic E-state index is 0.721. The van der Waals surface area contributed by atoms with Crippen LogP contribution in [0.1, 0.15) is 0 Å². The molecule has 0 fully saturated rings. The lowest BCUT2D eigenvalue weighted by Crippen LogP contribution is -1.79. The highest BCUT2D eigenvalue weighted by atomic mass is 35.5. The van der Waals surface area contributed by atoms with E-state index in [0.717, 1.165) is 43.5 Å². The van der Waals surface area contributed by atoms with Gasteiger partial charge in [0.15, 0.2) is 0 Å². The Balaban J connectivity index is 1.98. The predicted octanol–water partition coefficient (Wildman–Crippen LogP) is 7.06. The van der Waals surface area contributed by atoms with E-state index in [1.54, 1.807) is 0 Å². The quantitative estimate of drug-likeness (QED) is 0.321. The zero-order chi connectivity index (χ0) is 16.1. The van der Waals surface area contributed by atoms with Crippen LogP contribution in [0.2, 0.25) is 5.02 Å². The third-order valence-corrected chi connectivity index (χ3v) is 4.86. The summed E-state index contributed by atoms with van der Waals surface area (Å²) in [5.74, 6) is 0. The van der Waals surface area contributed by atoms with E-state index in [1.807, 2.05) is 42.5 Å². The van der Waals surface area contributed by atoms with Crippen LogP contribution in [0.25, 0.3) is 43.8 Å². The first kappa shape index (κ1) is 13.6. The fraction of sp³-hybridized carbons (Fsp3) is 0. The van der Waals surface area contributed by atoms with Crippen LogP contribution in [0.5, 0.6) is 0 Å². The molecular formula is C22H13ClO. The molecule has 5 aromatic rings. The van der Waals surface area contributed by atoms with Crippen molar-refractivity contribution in [3.63, 3.8) is 0 Å². The molecule has 0 spiro atoms. The average Bonchev–Trinajstić information content (AvgIpc) is 3.03. The molecule has 4 aromatic carbocycles. The van der Waals surface area contributed by atoms with Crippen molar-refractivity contribution in [2.24, 2.45) is 0 Å². The summed E-state index contributed by atoms with van der Waals surface area (Å²) in [5, 5.41) is 5.05. The molecule has 0 aliphatic rings. The number of rotatable bonds is 1. The molecule has 1 nitrogen and oxygen atoms in total. The molecule has 0 N–H and O–H groups in total. The van der Waals surface area contributed by atoms with Crippen molar-refractivity contribution in [3.8, 4) is 11.1 Å². The predicted molar refractivity (Wildman–Crippen MR) is 102 cm³/mol. The molecule has 0 saturated carbocycles. The highest BCUT2D eigenvalue weighted by Gasteiger charge is 2.16. The molecule has 0 bridgehead atoms. The van der Waals surface area contributed by atoms with Gasteiger partial charge in [-0.3, -0.25) is 0 Å². The molecule has 0 aliphatic carbocycles. The molecule has 5 rings (SSSR count). The van der Waals surface area contributed by atoms with Gasteiger partial charge in [-0.2, -0.15) is 0 Å². The van der Waals surface area contributed by atoms with Crippen LogP contribution in [0.15, 0.2) is 83.3 Å². The first-order valence-electron chi connectivity index (χ1n) is 7.91. The second-order valence-corrected chi connectivity index (χ2v) is 6.34. The molecule has 0 atom stereocenters. The molecule has 2 heteroatoms. The largest absolute Gasteiger partial charge is 0.455 e. The van der Waals surface area contributed by atoms with E-state index in [1.165, 1.54) is 5.39 Å². The van der Waals surface area contributed by atoms with Crippen molar-refractivity contribution < 1.29 is 4.42 Å². The summed E-state index contributed by atoms with van der Waals surface area (Å²) in [4.78, 5) is 0. The second kappa shape index (κ2) is 5.12. The van der Waals surface area contributed by atoms with Gasteiger partial charge >= 0.3 is 0 Å². The van der Waals surface area contributed by atoms with Gasteiger partial charge in [0, 0.05) is 21.7 Å². The second-order valence-electron chi connectivity index (χ2n) is 5.93. The fourth-order valence-electron chi connectivity index (χ4n) is 3.41. The molecular weight excluding hydrogens is 316 g/mol. The third kappa shape index (κ3) is 1.88. The molecule has 1 aromatic heterocycles. The van der Waals surface area contributed by atoms with Crippen molar-refractivity contribution in [3.05, 3.63) is 83.9 Å². The van der Waals surface area contributed by atoms with Gasteiger partial charge in [0.1, 0.15) is 11.2 Å². The van der Waals surface area contributed by atoms with Gasteiger partial charge in [0.05, 0.1) is 5.02 Å². The lowest BCUT2D eigenvalue weighted by Gasteiger charge is -2.03. The van der Waals surface area contributed by atoms with Crippen LogP contribution < -0.4 is 0 Å². The van der Waals surface area contributed by atoms with Gasteiger partial charge in [-0.15, -0.1) is 0 Å². The monoisotopic (exact) mass is 328 g/mol. The Morgan fingerprint density at radius 1 is 0.625 bits per heavy atom. The molecule has 0 unspecified atom stereocenters. The highest BCUT2D eigenvalue weighted by molar-refractivity contribution is 6.39. The van der Waals surface area contributed by atoms with Crippen LogP contribution in [-0.2, 0) is 0 Å². The Morgan fingerprint density at radius 2 is 1.42 bits per heavy atom. The smallest absolute Gasteiger partial charge is 0.144 e. The summed E-state index contributed by atoms with van der Waals surface area (Å²) in [6, 6.07) is 26.8. The molecule has 1 heterocycles. The van der Waals surface area contributed by atoms with Crippen molar-refractivity contribution >= 4 is 44.3 Å². The van der Waals surface area contributed by atoms with Gasteiger partial charge in [-0.05, 0) is 29.1 Å². The SMILES string of the molecule is Clc1ccc(-c2ccccc2)c2oc3c4ccccc4ccc3c12. The van der Waals surface area contributed by atoms with Gasteiger partial charge in [-0.25, -0.2) is 0 Å². The molecule has 0 saturated heterocycles. The van der Waals surface area contributed by atoms with Gasteiger partial charge in [-0.1, -0.05) is 72.3 Å². The minimum atomic E-state index is 0.721. The minimum Gasteiger partial charge on any atom is -0.455 e. The summed E-state index contributed by atoms with van der Waals surface area (Å²) >= 11 is 6.53. The average molecular weight is 329 g/mol.